The Morgan fingerprint density at radius 3 is 2.48 bits per heavy atom. The predicted molar refractivity (Wildman–Crippen MR) is 96.9 cm³/mol. The van der Waals surface area contributed by atoms with Crippen molar-refractivity contribution in [1.82, 2.24) is 0 Å². The molecule has 1 amide bonds. The predicted octanol–water partition coefficient (Wildman–Crippen LogP) is 4.67. The SMILES string of the molecule is O=C(Nc1ccc(Cl)cc1[N+](=O)[O-])c1ccc(-c2cccc([N+](=O)[O-])c2)o1. The minimum atomic E-state index is -0.711. The van der Waals surface area contributed by atoms with Crippen molar-refractivity contribution in [3.63, 3.8) is 0 Å². The number of nitro groups is 2. The summed E-state index contributed by atoms with van der Waals surface area (Å²) in [5.41, 5.74) is -0.101. The molecule has 9 nitrogen and oxygen atoms in total. The van der Waals surface area contributed by atoms with E-state index >= 15 is 0 Å². The molecule has 0 saturated heterocycles. The Morgan fingerprint density at radius 1 is 1.00 bits per heavy atom. The molecule has 0 unspecified atom stereocenters. The van der Waals surface area contributed by atoms with Crippen LogP contribution in [0.15, 0.2) is 59.0 Å². The van der Waals surface area contributed by atoms with E-state index in [4.69, 9.17) is 16.0 Å². The van der Waals surface area contributed by atoms with E-state index < -0.39 is 15.8 Å². The Kier molecular flexibility index (Phi) is 4.86. The van der Waals surface area contributed by atoms with Crippen molar-refractivity contribution in [2.75, 3.05) is 5.32 Å². The fraction of sp³-hybridized carbons (Fsp3) is 0. The second-order valence-electron chi connectivity index (χ2n) is 5.34. The lowest BCUT2D eigenvalue weighted by atomic mass is 10.1. The van der Waals surface area contributed by atoms with Crippen LogP contribution in [0.5, 0.6) is 0 Å². The average Bonchev–Trinajstić information content (AvgIpc) is 3.13. The van der Waals surface area contributed by atoms with E-state index in [1.54, 1.807) is 6.07 Å². The molecule has 0 spiro atoms. The minimum Gasteiger partial charge on any atom is -0.451 e. The summed E-state index contributed by atoms with van der Waals surface area (Å²) < 4.78 is 5.43. The lowest BCUT2D eigenvalue weighted by molar-refractivity contribution is -0.384. The van der Waals surface area contributed by atoms with Crippen LogP contribution in [0.4, 0.5) is 17.1 Å². The van der Waals surface area contributed by atoms with Crippen molar-refractivity contribution in [3.05, 3.63) is 85.6 Å². The molecule has 0 radical (unpaired) electrons. The van der Waals surface area contributed by atoms with Gasteiger partial charge in [-0.05, 0) is 24.3 Å². The molecular weight excluding hydrogens is 378 g/mol. The van der Waals surface area contributed by atoms with Gasteiger partial charge in [-0.1, -0.05) is 23.7 Å². The Balaban J connectivity index is 1.85. The summed E-state index contributed by atoms with van der Waals surface area (Å²) in [6, 6.07) is 12.4. The van der Waals surface area contributed by atoms with Crippen molar-refractivity contribution in [3.8, 4) is 11.3 Å². The third-order valence-electron chi connectivity index (χ3n) is 3.58. The second kappa shape index (κ2) is 7.26. The number of rotatable bonds is 5. The maximum Gasteiger partial charge on any atom is 0.294 e. The van der Waals surface area contributed by atoms with Crippen molar-refractivity contribution in [1.29, 1.82) is 0 Å². The molecule has 1 aromatic heterocycles. The maximum absolute atomic E-state index is 12.3. The quantitative estimate of drug-likeness (QED) is 0.500. The molecule has 2 aromatic carbocycles. The molecule has 27 heavy (non-hydrogen) atoms. The van der Waals surface area contributed by atoms with Crippen molar-refractivity contribution in [2.45, 2.75) is 0 Å². The number of nitrogens with zero attached hydrogens (tertiary/aromatic N) is 2. The third kappa shape index (κ3) is 3.93. The fourth-order valence-electron chi connectivity index (χ4n) is 2.33. The van der Waals surface area contributed by atoms with Crippen LogP contribution in [0.2, 0.25) is 5.02 Å². The van der Waals surface area contributed by atoms with Crippen LogP contribution >= 0.6 is 11.6 Å². The van der Waals surface area contributed by atoms with Gasteiger partial charge in [-0.25, -0.2) is 0 Å². The first-order valence-corrected chi connectivity index (χ1v) is 7.83. The number of furan rings is 1. The van der Waals surface area contributed by atoms with Gasteiger partial charge in [0, 0.05) is 28.8 Å². The summed E-state index contributed by atoms with van der Waals surface area (Å²) in [6.07, 6.45) is 0. The van der Waals surface area contributed by atoms with Gasteiger partial charge in [0.25, 0.3) is 17.3 Å². The van der Waals surface area contributed by atoms with E-state index in [1.165, 1.54) is 42.5 Å². The van der Waals surface area contributed by atoms with E-state index in [0.717, 1.165) is 6.07 Å². The summed E-state index contributed by atoms with van der Waals surface area (Å²) >= 11 is 5.74. The van der Waals surface area contributed by atoms with Gasteiger partial charge >= 0.3 is 0 Å². The lowest BCUT2D eigenvalue weighted by Gasteiger charge is -2.04. The second-order valence-corrected chi connectivity index (χ2v) is 5.78. The van der Waals surface area contributed by atoms with Crippen molar-refractivity contribution in [2.24, 2.45) is 0 Å². The van der Waals surface area contributed by atoms with Crippen LogP contribution in [-0.4, -0.2) is 15.8 Å². The van der Waals surface area contributed by atoms with Crippen LogP contribution in [-0.2, 0) is 0 Å². The highest BCUT2D eigenvalue weighted by Gasteiger charge is 2.19. The number of non-ortho nitro benzene ring substituents is 1. The first-order valence-electron chi connectivity index (χ1n) is 7.45. The zero-order valence-corrected chi connectivity index (χ0v) is 14.2. The molecule has 1 heterocycles. The van der Waals surface area contributed by atoms with Gasteiger partial charge in [0.2, 0.25) is 0 Å². The van der Waals surface area contributed by atoms with E-state index in [9.17, 15) is 25.0 Å². The highest BCUT2D eigenvalue weighted by atomic mass is 35.5. The number of carbonyl (C=O) groups is 1. The van der Waals surface area contributed by atoms with E-state index in [1.807, 2.05) is 0 Å². The number of nitro benzene ring substituents is 2. The topological polar surface area (TPSA) is 129 Å². The zero-order chi connectivity index (χ0) is 19.6. The van der Waals surface area contributed by atoms with Gasteiger partial charge in [-0.3, -0.25) is 25.0 Å². The van der Waals surface area contributed by atoms with Crippen LogP contribution < -0.4 is 5.32 Å². The number of benzene rings is 2. The van der Waals surface area contributed by atoms with Crippen LogP contribution in [0.1, 0.15) is 10.6 Å². The third-order valence-corrected chi connectivity index (χ3v) is 3.81. The largest absolute Gasteiger partial charge is 0.451 e. The van der Waals surface area contributed by atoms with Crippen LogP contribution in [0.25, 0.3) is 11.3 Å². The highest BCUT2D eigenvalue weighted by molar-refractivity contribution is 6.31. The summed E-state index contributed by atoms with van der Waals surface area (Å²) in [5.74, 6) is -0.577. The standard InChI is InChI=1S/C17H10ClN3O6/c18-11-4-5-13(14(9-11)21(25)26)19-17(22)16-7-6-15(27-16)10-2-1-3-12(8-10)20(23)24/h1-9H,(H,19,22). The van der Waals surface area contributed by atoms with E-state index in [0.29, 0.717) is 5.56 Å². The van der Waals surface area contributed by atoms with Gasteiger partial charge in [0.05, 0.1) is 9.85 Å². The van der Waals surface area contributed by atoms with Crippen molar-refractivity contribution < 1.29 is 19.1 Å². The molecule has 0 aliphatic rings. The van der Waals surface area contributed by atoms with Gasteiger partial charge < -0.3 is 9.73 Å². The molecule has 136 valence electrons. The average molecular weight is 388 g/mol. The maximum atomic E-state index is 12.3. The molecule has 1 N–H and O–H groups in total. The molecule has 0 fully saturated rings. The number of hydrogen-bond donors (Lipinski definition) is 1. The van der Waals surface area contributed by atoms with E-state index in [-0.39, 0.29) is 33.6 Å². The number of nitrogens with one attached hydrogen (secondary N) is 1. The molecule has 3 rings (SSSR count). The summed E-state index contributed by atoms with van der Waals surface area (Å²) in [4.78, 5) is 33.1. The summed E-state index contributed by atoms with van der Waals surface area (Å²) in [5, 5.41) is 24.5. The molecule has 0 aliphatic heterocycles. The molecule has 3 aromatic rings. The highest BCUT2D eigenvalue weighted by Crippen LogP contribution is 2.29. The molecule has 0 saturated carbocycles. The minimum absolute atomic E-state index is 0.0392. The zero-order valence-electron chi connectivity index (χ0n) is 13.4. The Hall–Kier alpha value is -3.72. The monoisotopic (exact) mass is 387 g/mol. The Labute approximate surface area is 156 Å². The fourth-order valence-corrected chi connectivity index (χ4v) is 2.50. The lowest BCUT2D eigenvalue weighted by Crippen LogP contribution is -2.12. The smallest absolute Gasteiger partial charge is 0.294 e. The van der Waals surface area contributed by atoms with Crippen molar-refractivity contribution >= 4 is 34.6 Å². The van der Waals surface area contributed by atoms with Crippen LogP contribution in [0.3, 0.4) is 0 Å². The first-order chi connectivity index (χ1) is 12.8. The number of hydrogen-bond acceptors (Lipinski definition) is 6. The molecule has 0 aliphatic carbocycles. The molecule has 0 bridgehead atoms. The van der Waals surface area contributed by atoms with Gasteiger partial charge in [0.1, 0.15) is 11.4 Å². The van der Waals surface area contributed by atoms with Gasteiger partial charge in [-0.15, -0.1) is 0 Å². The van der Waals surface area contributed by atoms with E-state index in [2.05, 4.69) is 5.32 Å². The first kappa shape index (κ1) is 18.1. The van der Waals surface area contributed by atoms with Gasteiger partial charge in [-0.2, -0.15) is 0 Å². The number of carbonyl (C=O) groups excluding carboxylic acids is 1. The Morgan fingerprint density at radius 2 is 1.78 bits per heavy atom. The number of amides is 1. The van der Waals surface area contributed by atoms with Crippen LogP contribution in [0, 0.1) is 20.2 Å². The number of halogens is 1. The normalized spacial score (nSPS) is 10.4. The Bertz CT molecular complexity index is 1060. The number of anilines is 1. The molecular formula is C17H10ClN3O6. The molecule has 0 atom stereocenters. The summed E-state index contributed by atoms with van der Waals surface area (Å²) in [6.45, 7) is 0. The summed E-state index contributed by atoms with van der Waals surface area (Å²) in [7, 11) is 0. The molecule has 10 heteroatoms. The van der Waals surface area contributed by atoms with Gasteiger partial charge in [0.15, 0.2) is 5.76 Å².